The van der Waals surface area contributed by atoms with Crippen LogP contribution < -0.4 is 4.74 Å². The Morgan fingerprint density at radius 2 is 1.70 bits per heavy atom. The minimum Gasteiger partial charge on any atom is -0.496 e. The van der Waals surface area contributed by atoms with Crippen LogP contribution in [-0.4, -0.2) is 65.5 Å². The Hall–Kier alpha value is -2.80. The molecule has 238 valence electrons. The van der Waals surface area contributed by atoms with E-state index in [1.54, 1.807) is 0 Å². The molecule has 3 fully saturated rings. The lowest BCUT2D eigenvalue weighted by Gasteiger charge is -2.46. The largest absolute Gasteiger partial charge is 0.496 e. The van der Waals surface area contributed by atoms with Crippen LogP contribution in [0, 0.1) is 20.8 Å². The summed E-state index contributed by atoms with van der Waals surface area (Å²) in [5.74, 6) is 2.07. The lowest BCUT2D eigenvalue weighted by atomic mass is 9.81. The molecule has 0 bridgehead atoms. The highest BCUT2D eigenvalue weighted by Crippen LogP contribution is 2.52. The highest BCUT2D eigenvalue weighted by atomic mass is 16.7. The number of fused-ring (bicyclic) bond motifs is 3. The molecule has 6 nitrogen and oxygen atoms in total. The van der Waals surface area contributed by atoms with E-state index in [0.29, 0.717) is 6.61 Å². The van der Waals surface area contributed by atoms with Crippen LogP contribution in [-0.2, 0) is 22.6 Å². The molecule has 0 aromatic heterocycles. The average molecular weight is 600 g/mol. The maximum absolute atomic E-state index is 6.47. The van der Waals surface area contributed by atoms with Gasteiger partial charge in [-0.05, 0) is 82.7 Å². The van der Waals surface area contributed by atoms with Crippen LogP contribution in [0.3, 0.4) is 0 Å². The number of methoxy groups -OCH3 is 1. The first-order valence-corrected chi connectivity index (χ1v) is 16.8. The van der Waals surface area contributed by atoms with Crippen molar-refractivity contribution in [2.24, 2.45) is 0 Å². The van der Waals surface area contributed by atoms with Gasteiger partial charge in [-0.1, -0.05) is 61.7 Å². The maximum Gasteiger partial charge on any atom is 0.163 e. The third-order valence-corrected chi connectivity index (χ3v) is 10.1. The molecule has 0 aliphatic carbocycles. The first-order chi connectivity index (χ1) is 21.0. The topological polar surface area (TPSA) is 37.4 Å². The summed E-state index contributed by atoms with van der Waals surface area (Å²) in [7, 11) is 1.81. The molecule has 0 amide bonds. The third-order valence-electron chi connectivity index (χ3n) is 10.1. The fourth-order valence-corrected chi connectivity index (χ4v) is 8.28. The SMILES string of the molecule is CCC/C=C1\N2Cc3cc(C)cc(OC)c3C(C)C=C2C2(CCN(Cc3cc(C)cc(C)c3)CC2)N1CC1COC(C)(C)O1. The summed E-state index contributed by atoms with van der Waals surface area (Å²) < 4.78 is 18.5. The van der Waals surface area contributed by atoms with Gasteiger partial charge in [0.25, 0.3) is 0 Å². The minimum atomic E-state index is -0.536. The van der Waals surface area contributed by atoms with Gasteiger partial charge in [-0.3, -0.25) is 4.90 Å². The van der Waals surface area contributed by atoms with E-state index in [1.807, 2.05) is 21.0 Å². The molecule has 4 heterocycles. The fourth-order valence-electron chi connectivity index (χ4n) is 8.28. The highest BCUT2D eigenvalue weighted by Gasteiger charge is 2.54. The lowest BCUT2D eigenvalue weighted by molar-refractivity contribution is -0.141. The number of piperidine rings is 1. The zero-order valence-electron chi connectivity index (χ0n) is 28.3. The van der Waals surface area contributed by atoms with Crippen LogP contribution in [0.2, 0.25) is 0 Å². The Balaban J connectivity index is 1.39. The average Bonchev–Trinajstić information content (AvgIpc) is 3.35. The smallest absolute Gasteiger partial charge is 0.163 e. The molecule has 0 saturated carbocycles. The molecule has 44 heavy (non-hydrogen) atoms. The van der Waals surface area contributed by atoms with Crippen molar-refractivity contribution in [1.29, 1.82) is 0 Å². The van der Waals surface area contributed by atoms with Crippen LogP contribution in [0.15, 0.2) is 54.0 Å². The van der Waals surface area contributed by atoms with E-state index >= 15 is 0 Å². The molecule has 3 saturated heterocycles. The number of nitrogens with zero attached hydrogens (tertiary/aromatic N) is 3. The van der Waals surface area contributed by atoms with Gasteiger partial charge in [0.05, 0.1) is 19.3 Å². The van der Waals surface area contributed by atoms with Crippen molar-refractivity contribution in [1.82, 2.24) is 14.7 Å². The molecule has 2 aromatic rings. The number of unbranched alkanes of at least 4 members (excludes halogenated alkanes) is 1. The monoisotopic (exact) mass is 599 g/mol. The van der Waals surface area contributed by atoms with Crippen LogP contribution in [0.25, 0.3) is 0 Å². The standard InChI is InChI=1S/C38H53N3O3/c1-9-10-11-35-40-23-31-19-28(4)20-33(42-8)36(31)29(5)21-34(40)38(41(35)24-32-25-43-37(6,7)44-32)12-14-39(15-13-38)22-30-17-26(2)16-27(3)18-30/h11,16-21,29,32H,9-10,12-15,22-25H2,1-8H3/b35-11+. The number of benzene rings is 2. The zero-order chi connectivity index (χ0) is 31.2. The number of ether oxygens (including phenoxy) is 3. The van der Waals surface area contributed by atoms with Gasteiger partial charge in [-0.2, -0.15) is 0 Å². The van der Waals surface area contributed by atoms with Gasteiger partial charge >= 0.3 is 0 Å². The van der Waals surface area contributed by atoms with Crippen molar-refractivity contribution < 1.29 is 14.2 Å². The van der Waals surface area contributed by atoms with Gasteiger partial charge in [0.2, 0.25) is 0 Å². The fraction of sp³-hybridized carbons (Fsp3) is 0.579. The first-order valence-electron chi connectivity index (χ1n) is 16.8. The Bertz CT molecular complexity index is 1410. The van der Waals surface area contributed by atoms with Crippen molar-refractivity contribution >= 4 is 0 Å². The molecule has 0 N–H and O–H groups in total. The molecule has 4 aliphatic rings. The molecule has 6 rings (SSSR count). The van der Waals surface area contributed by atoms with Crippen molar-refractivity contribution in [2.75, 3.05) is 33.4 Å². The molecule has 6 heteroatoms. The van der Waals surface area contributed by atoms with E-state index in [9.17, 15) is 0 Å². The maximum atomic E-state index is 6.47. The van der Waals surface area contributed by atoms with Gasteiger partial charge in [-0.15, -0.1) is 0 Å². The predicted octanol–water partition coefficient (Wildman–Crippen LogP) is 7.57. The molecular formula is C38H53N3O3. The van der Waals surface area contributed by atoms with E-state index in [4.69, 9.17) is 14.2 Å². The molecule has 2 aromatic carbocycles. The Kier molecular flexibility index (Phi) is 8.64. The quantitative estimate of drug-likeness (QED) is 0.327. The highest BCUT2D eigenvalue weighted by molar-refractivity contribution is 5.51. The van der Waals surface area contributed by atoms with Crippen LogP contribution in [0.5, 0.6) is 5.75 Å². The number of aryl methyl sites for hydroxylation is 3. The van der Waals surface area contributed by atoms with Crippen LogP contribution >= 0.6 is 0 Å². The Morgan fingerprint density at radius 3 is 2.34 bits per heavy atom. The second-order valence-corrected chi connectivity index (χ2v) is 14.2. The van der Waals surface area contributed by atoms with Gasteiger partial charge in [0.15, 0.2) is 5.79 Å². The normalized spacial score (nSPS) is 25.3. The number of hydrogen-bond acceptors (Lipinski definition) is 6. The first kappa shape index (κ1) is 31.2. The summed E-state index contributed by atoms with van der Waals surface area (Å²) in [5, 5.41) is 0. The van der Waals surface area contributed by atoms with Gasteiger partial charge in [-0.25, -0.2) is 0 Å². The summed E-state index contributed by atoms with van der Waals surface area (Å²) in [6, 6.07) is 11.6. The summed E-state index contributed by atoms with van der Waals surface area (Å²) in [4.78, 5) is 8.05. The van der Waals surface area contributed by atoms with Crippen molar-refractivity contribution in [3.05, 3.63) is 87.4 Å². The summed E-state index contributed by atoms with van der Waals surface area (Å²) >= 11 is 0. The van der Waals surface area contributed by atoms with E-state index in [1.165, 1.54) is 44.9 Å². The van der Waals surface area contributed by atoms with Gasteiger partial charge in [0.1, 0.15) is 17.7 Å². The second-order valence-electron chi connectivity index (χ2n) is 14.2. The molecule has 2 unspecified atom stereocenters. The molecule has 2 atom stereocenters. The lowest BCUT2D eigenvalue weighted by Crippen LogP contribution is -2.54. The summed E-state index contributed by atoms with van der Waals surface area (Å²) in [6.07, 6.45) is 9.44. The Labute approximate surface area is 265 Å². The Morgan fingerprint density at radius 1 is 1.00 bits per heavy atom. The minimum absolute atomic E-state index is 0.0383. The second kappa shape index (κ2) is 12.2. The third kappa shape index (κ3) is 5.93. The predicted molar refractivity (Wildman–Crippen MR) is 178 cm³/mol. The van der Waals surface area contributed by atoms with Gasteiger partial charge in [0, 0.05) is 49.9 Å². The number of rotatable bonds is 7. The molecule has 0 radical (unpaired) electrons. The van der Waals surface area contributed by atoms with Crippen molar-refractivity contribution in [2.45, 2.75) is 111 Å². The summed E-state index contributed by atoms with van der Waals surface area (Å²) in [5.41, 5.74) is 9.44. The van der Waals surface area contributed by atoms with E-state index in [-0.39, 0.29) is 17.6 Å². The molecular weight excluding hydrogens is 546 g/mol. The van der Waals surface area contributed by atoms with Crippen molar-refractivity contribution in [3.8, 4) is 5.75 Å². The van der Waals surface area contributed by atoms with Crippen molar-refractivity contribution in [3.63, 3.8) is 0 Å². The van der Waals surface area contributed by atoms with E-state index in [0.717, 1.165) is 64.2 Å². The summed E-state index contributed by atoms with van der Waals surface area (Å²) in [6.45, 7) is 20.8. The van der Waals surface area contributed by atoms with Crippen LogP contribution in [0.4, 0.5) is 0 Å². The number of allylic oxidation sites excluding steroid dienone is 2. The van der Waals surface area contributed by atoms with E-state index < -0.39 is 5.79 Å². The van der Waals surface area contributed by atoms with Gasteiger partial charge < -0.3 is 24.0 Å². The van der Waals surface area contributed by atoms with E-state index in [2.05, 4.69) is 91.8 Å². The number of hydrogen-bond donors (Lipinski definition) is 0. The van der Waals surface area contributed by atoms with Crippen LogP contribution in [0.1, 0.15) is 92.7 Å². The molecule has 1 spiro atoms. The molecule has 4 aliphatic heterocycles. The number of likely N-dealkylation sites (tertiary alicyclic amines) is 1. The zero-order valence-corrected chi connectivity index (χ0v) is 28.3.